The van der Waals surface area contributed by atoms with E-state index in [9.17, 15) is 29.7 Å². The highest BCUT2D eigenvalue weighted by Gasteiger charge is 2.29. The third kappa shape index (κ3) is 2.76. The van der Waals surface area contributed by atoms with Gasteiger partial charge in [-0.2, -0.15) is 0 Å². The lowest BCUT2D eigenvalue weighted by Gasteiger charge is -2.15. The van der Waals surface area contributed by atoms with E-state index >= 15 is 0 Å². The number of H-pyrrole nitrogens is 1. The summed E-state index contributed by atoms with van der Waals surface area (Å²) in [4.78, 5) is 36.8. The predicted molar refractivity (Wildman–Crippen MR) is 85.2 cm³/mol. The van der Waals surface area contributed by atoms with Crippen molar-refractivity contribution in [2.45, 2.75) is 0 Å². The van der Waals surface area contributed by atoms with Gasteiger partial charge in [-0.05, 0) is 12.1 Å². The Labute approximate surface area is 141 Å². The minimum atomic E-state index is -1.69. The predicted octanol–water partition coefficient (Wildman–Crippen LogP) is 2.14. The molecule has 8 nitrogen and oxygen atoms in total. The van der Waals surface area contributed by atoms with Gasteiger partial charge in [0.25, 0.3) is 5.56 Å². The van der Waals surface area contributed by atoms with E-state index in [0.29, 0.717) is 0 Å². The monoisotopic (exact) mass is 402 g/mol. The SMILES string of the molecule is Nc1[nH]c(=O)c(C(=O)O)c(-c2c(Br)ccc(Cl)c2O)c1C(=O)O. The Morgan fingerprint density at radius 2 is 1.70 bits per heavy atom. The standard InChI is InChI=1S/C13H8BrClN2O6/c14-3-1-2-4(15)9(18)5(3)6-7(12(20)21)10(16)17-11(19)8(6)13(22)23/h1-2,18H,(H,20,21)(H,22,23)(H3,16,17,19). The first-order chi connectivity index (χ1) is 10.7. The molecule has 1 heterocycles. The molecule has 6 N–H and O–H groups in total. The van der Waals surface area contributed by atoms with Gasteiger partial charge < -0.3 is 26.0 Å². The summed E-state index contributed by atoms with van der Waals surface area (Å²) in [6, 6.07) is 2.67. The molecule has 0 saturated carbocycles. The molecule has 0 spiro atoms. The molecule has 0 bridgehead atoms. The highest BCUT2D eigenvalue weighted by molar-refractivity contribution is 9.10. The van der Waals surface area contributed by atoms with Crippen molar-refractivity contribution in [1.29, 1.82) is 0 Å². The van der Waals surface area contributed by atoms with Crippen LogP contribution < -0.4 is 11.3 Å². The number of nitrogens with one attached hydrogen (secondary N) is 1. The number of carboxylic acids is 2. The number of pyridine rings is 1. The molecule has 1 aromatic heterocycles. The molecular weight excluding hydrogens is 396 g/mol. The number of phenolic OH excluding ortho intramolecular Hbond substituents is 1. The average molecular weight is 404 g/mol. The molecule has 2 aromatic rings. The number of hydrogen-bond acceptors (Lipinski definition) is 5. The van der Waals surface area contributed by atoms with E-state index in [-0.39, 0.29) is 15.1 Å². The Bertz CT molecular complexity index is 908. The van der Waals surface area contributed by atoms with E-state index in [1.807, 2.05) is 4.98 Å². The largest absolute Gasteiger partial charge is 0.506 e. The number of aromatic nitrogens is 1. The molecule has 0 aliphatic heterocycles. The van der Waals surface area contributed by atoms with Gasteiger partial charge in [-0.1, -0.05) is 27.5 Å². The van der Waals surface area contributed by atoms with E-state index in [1.54, 1.807) is 0 Å². The van der Waals surface area contributed by atoms with Crippen molar-refractivity contribution in [3.63, 3.8) is 0 Å². The normalized spacial score (nSPS) is 10.5. The van der Waals surface area contributed by atoms with E-state index in [1.165, 1.54) is 12.1 Å². The lowest BCUT2D eigenvalue weighted by atomic mass is 9.94. The van der Waals surface area contributed by atoms with Crippen LogP contribution in [-0.4, -0.2) is 32.2 Å². The van der Waals surface area contributed by atoms with Crippen molar-refractivity contribution in [2.24, 2.45) is 0 Å². The number of hydrogen-bond donors (Lipinski definition) is 5. The summed E-state index contributed by atoms with van der Waals surface area (Å²) >= 11 is 8.87. The number of aromatic hydroxyl groups is 1. The molecule has 120 valence electrons. The van der Waals surface area contributed by atoms with Crippen LogP contribution in [0, 0.1) is 0 Å². The number of rotatable bonds is 3. The van der Waals surface area contributed by atoms with Crippen LogP contribution in [0.1, 0.15) is 20.7 Å². The third-order valence-corrected chi connectivity index (χ3v) is 3.97. The second-order valence-corrected chi connectivity index (χ2v) is 5.62. The van der Waals surface area contributed by atoms with Gasteiger partial charge >= 0.3 is 11.9 Å². The summed E-state index contributed by atoms with van der Waals surface area (Å²) < 4.78 is 0.134. The van der Waals surface area contributed by atoms with Crippen LogP contribution in [0.4, 0.5) is 5.82 Å². The maximum atomic E-state index is 11.9. The van der Waals surface area contributed by atoms with Crippen molar-refractivity contribution in [3.05, 3.63) is 43.1 Å². The maximum Gasteiger partial charge on any atom is 0.342 e. The maximum absolute atomic E-state index is 11.9. The zero-order chi connectivity index (χ0) is 17.5. The molecule has 0 aliphatic rings. The van der Waals surface area contributed by atoms with Crippen molar-refractivity contribution >= 4 is 45.3 Å². The molecule has 1 aromatic carbocycles. The summed E-state index contributed by atoms with van der Waals surface area (Å²) in [5.41, 5.74) is 2.05. The first kappa shape index (κ1) is 16.8. The Balaban J connectivity index is 3.14. The van der Waals surface area contributed by atoms with Gasteiger partial charge in [0.1, 0.15) is 22.7 Å². The number of benzene rings is 1. The van der Waals surface area contributed by atoms with E-state index < -0.39 is 45.8 Å². The number of aromatic carboxylic acids is 2. The van der Waals surface area contributed by atoms with Crippen molar-refractivity contribution in [3.8, 4) is 16.9 Å². The zero-order valence-electron chi connectivity index (χ0n) is 11.1. The molecule has 23 heavy (non-hydrogen) atoms. The van der Waals surface area contributed by atoms with E-state index in [2.05, 4.69) is 15.9 Å². The second-order valence-electron chi connectivity index (χ2n) is 4.36. The van der Waals surface area contributed by atoms with Gasteiger partial charge in [0, 0.05) is 15.6 Å². The van der Waals surface area contributed by atoms with Crippen LogP contribution in [0.15, 0.2) is 21.4 Å². The van der Waals surface area contributed by atoms with Crippen LogP contribution in [0.3, 0.4) is 0 Å². The molecule has 2 rings (SSSR count). The Morgan fingerprint density at radius 1 is 1.13 bits per heavy atom. The van der Waals surface area contributed by atoms with Gasteiger partial charge in [0.15, 0.2) is 0 Å². The van der Waals surface area contributed by atoms with Crippen LogP contribution in [0.2, 0.25) is 5.02 Å². The van der Waals surface area contributed by atoms with Crippen LogP contribution in [-0.2, 0) is 0 Å². The van der Waals surface area contributed by atoms with Gasteiger partial charge in [0.05, 0.1) is 5.02 Å². The van der Waals surface area contributed by atoms with Crippen molar-refractivity contribution < 1.29 is 24.9 Å². The second kappa shape index (κ2) is 5.94. The van der Waals surface area contributed by atoms with E-state index in [4.69, 9.17) is 17.3 Å². The molecule has 0 unspecified atom stereocenters. The fraction of sp³-hybridized carbons (Fsp3) is 0. The summed E-state index contributed by atoms with van der Waals surface area (Å²) in [6.45, 7) is 0. The summed E-state index contributed by atoms with van der Waals surface area (Å²) in [5, 5.41) is 28.6. The minimum Gasteiger partial charge on any atom is -0.506 e. The summed E-state index contributed by atoms with van der Waals surface area (Å²) in [6.07, 6.45) is 0. The summed E-state index contributed by atoms with van der Waals surface area (Å²) in [5.74, 6) is -4.40. The van der Waals surface area contributed by atoms with Gasteiger partial charge in [-0.25, -0.2) is 9.59 Å². The highest BCUT2D eigenvalue weighted by atomic mass is 79.9. The molecular formula is C13H8BrClN2O6. The number of halogens is 2. The fourth-order valence-electron chi connectivity index (χ4n) is 2.08. The lowest BCUT2D eigenvalue weighted by Crippen LogP contribution is -2.24. The van der Waals surface area contributed by atoms with Crippen LogP contribution >= 0.6 is 27.5 Å². The van der Waals surface area contributed by atoms with Crippen molar-refractivity contribution in [2.75, 3.05) is 5.73 Å². The minimum absolute atomic E-state index is 0.134. The van der Waals surface area contributed by atoms with E-state index in [0.717, 1.165) is 0 Å². The quantitative estimate of drug-likeness (QED) is 0.526. The number of anilines is 1. The smallest absolute Gasteiger partial charge is 0.342 e. The highest BCUT2D eigenvalue weighted by Crippen LogP contribution is 2.43. The fourth-order valence-corrected chi connectivity index (χ4v) is 2.75. The van der Waals surface area contributed by atoms with Gasteiger partial charge in [-0.15, -0.1) is 0 Å². The Morgan fingerprint density at radius 3 is 2.22 bits per heavy atom. The first-order valence-electron chi connectivity index (χ1n) is 5.86. The van der Waals surface area contributed by atoms with Gasteiger partial charge in [-0.3, -0.25) is 4.79 Å². The van der Waals surface area contributed by atoms with Gasteiger partial charge in [0.2, 0.25) is 0 Å². The zero-order valence-corrected chi connectivity index (χ0v) is 13.4. The molecule has 0 fully saturated rings. The topological polar surface area (TPSA) is 154 Å². The molecule has 0 saturated heterocycles. The molecule has 0 aliphatic carbocycles. The number of nitrogen functional groups attached to an aromatic ring is 1. The van der Waals surface area contributed by atoms with Crippen LogP contribution in [0.5, 0.6) is 5.75 Å². The van der Waals surface area contributed by atoms with Crippen LogP contribution in [0.25, 0.3) is 11.1 Å². The molecule has 10 heteroatoms. The number of carbonyl (C=O) groups is 2. The molecule has 0 radical (unpaired) electrons. The number of aromatic amines is 1. The number of nitrogens with two attached hydrogens (primary N) is 1. The third-order valence-electron chi connectivity index (χ3n) is 3.00. The van der Waals surface area contributed by atoms with Crippen molar-refractivity contribution in [1.82, 2.24) is 4.98 Å². The molecule has 0 amide bonds. The average Bonchev–Trinajstić information content (AvgIpc) is 2.42. The summed E-state index contributed by atoms with van der Waals surface area (Å²) in [7, 11) is 0. The Kier molecular flexibility index (Phi) is 4.35. The number of carboxylic acid groups (broad SMARTS) is 2. The number of phenols is 1. The molecule has 0 atom stereocenters. The Hall–Kier alpha value is -2.52. The lowest BCUT2D eigenvalue weighted by molar-refractivity contribution is 0.0695. The first-order valence-corrected chi connectivity index (χ1v) is 7.03.